The molecule has 0 bridgehead atoms. The summed E-state index contributed by atoms with van der Waals surface area (Å²) in [5.74, 6) is 0. The second-order valence-electron chi connectivity index (χ2n) is 5.54. The van der Waals surface area contributed by atoms with Crippen LogP contribution in [0.2, 0.25) is 0 Å². The molecule has 1 aliphatic heterocycles. The first-order chi connectivity index (χ1) is 10.1. The van der Waals surface area contributed by atoms with Crippen molar-refractivity contribution in [3.05, 3.63) is 33.9 Å². The SMILES string of the molecule is CC.Cc1cc(N2CCN(C3CC3)CC2)cc([N+](=O)[O-])c1. The van der Waals surface area contributed by atoms with Crippen LogP contribution in [0.3, 0.4) is 0 Å². The summed E-state index contributed by atoms with van der Waals surface area (Å²) in [5, 5.41) is 10.9. The van der Waals surface area contributed by atoms with Crippen molar-refractivity contribution >= 4 is 11.4 Å². The van der Waals surface area contributed by atoms with Crippen molar-refractivity contribution < 1.29 is 4.92 Å². The van der Waals surface area contributed by atoms with Gasteiger partial charge in [0.25, 0.3) is 5.69 Å². The molecular weight excluding hydrogens is 266 g/mol. The van der Waals surface area contributed by atoms with Gasteiger partial charge in [0.2, 0.25) is 0 Å². The van der Waals surface area contributed by atoms with E-state index in [0.29, 0.717) is 0 Å². The number of hydrogen-bond acceptors (Lipinski definition) is 4. The average molecular weight is 291 g/mol. The molecule has 0 unspecified atom stereocenters. The fourth-order valence-electron chi connectivity index (χ4n) is 2.82. The highest BCUT2D eigenvalue weighted by Crippen LogP contribution is 2.29. The molecule has 116 valence electrons. The van der Waals surface area contributed by atoms with Crippen molar-refractivity contribution in [1.29, 1.82) is 0 Å². The van der Waals surface area contributed by atoms with Gasteiger partial charge in [-0.25, -0.2) is 0 Å². The summed E-state index contributed by atoms with van der Waals surface area (Å²) < 4.78 is 0. The molecule has 0 amide bonds. The zero-order chi connectivity index (χ0) is 15.4. The average Bonchev–Trinajstić information content (AvgIpc) is 3.33. The number of nitro groups is 1. The van der Waals surface area contributed by atoms with Gasteiger partial charge in [-0.15, -0.1) is 0 Å². The Balaban J connectivity index is 0.000000774. The molecule has 1 saturated carbocycles. The first-order valence-corrected chi connectivity index (χ1v) is 7.88. The number of nitrogens with zero attached hydrogens (tertiary/aromatic N) is 3. The maximum absolute atomic E-state index is 10.9. The number of piperazine rings is 1. The Bertz CT molecular complexity index is 492. The van der Waals surface area contributed by atoms with Crippen LogP contribution >= 0.6 is 0 Å². The molecule has 0 spiro atoms. The molecule has 1 aliphatic carbocycles. The standard InChI is InChI=1S/C14H19N3O2.C2H6/c1-11-8-13(10-14(9-11)17(18)19)16-6-4-15(5-7-16)12-2-3-12;1-2/h8-10,12H,2-7H2,1H3;1-2H3. The third-order valence-corrected chi connectivity index (χ3v) is 4.00. The topological polar surface area (TPSA) is 49.6 Å². The largest absolute Gasteiger partial charge is 0.369 e. The zero-order valence-corrected chi connectivity index (χ0v) is 13.2. The van der Waals surface area contributed by atoms with E-state index in [9.17, 15) is 10.1 Å². The lowest BCUT2D eigenvalue weighted by Crippen LogP contribution is -2.47. The molecule has 0 N–H and O–H groups in total. The minimum Gasteiger partial charge on any atom is -0.369 e. The summed E-state index contributed by atoms with van der Waals surface area (Å²) in [6.07, 6.45) is 2.69. The lowest BCUT2D eigenvalue weighted by Gasteiger charge is -2.36. The summed E-state index contributed by atoms with van der Waals surface area (Å²) in [4.78, 5) is 15.4. The van der Waals surface area contributed by atoms with Gasteiger partial charge in [-0.2, -0.15) is 0 Å². The van der Waals surface area contributed by atoms with Crippen molar-refractivity contribution in [3.8, 4) is 0 Å². The van der Waals surface area contributed by atoms with E-state index in [-0.39, 0.29) is 10.6 Å². The van der Waals surface area contributed by atoms with E-state index < -0.39 is 0 Å². The minimum absolute atomic E-state index is 0.194. The maximum atomic E-state index is 10.9. The van der Waals surface area contributed by atoms with Crippen LogP contribution in [0, 0.1) is 17.0 Å². The number of anilines is 1. The molecular formula is C16H25N3O2. The number of nitro benzene ring substituents is 1. The minimum atomic E-state index is -0.309. The smallest absolute Gasteiger partial charge is 0.271 e. The fraction of sp³-hybridized carbons (Fsp3) is 0.625. The molecule has 0 atom stereocenters. The van der Waals surface area contributed by atoms with Gasteiger partial charge in [0, 0.05) is 50.0 Å². The summed E-state index contributed by atoms with van der Waals surface area (Å²) in [7, 11) is 0. The molecule has 21 heavy (non-hydrogen) atoms. The monoisotopic (exact) mass is 291 g/mol. The molecule has 2 aliphatic rings. The Labute approximate surface area is 126 Å². The van der Waals surface area contributed by atoms with Crippen LogP contribution in [-0.2, 0) is 0 Å². The van der Waals surface area contributed by atoms with Crippen molar-refractivity contribution in [2.45, 2.75) is 39.7 Å². The Hall–Kier alpha value is -1.62. The van der Waals surface area contributed by atoms with E-state index in [2.05, 4.69) is 9.80 Å². The first kappa shape index (κ1) is 15.8. The van der Waals surface area contributed by atoms with Gasteiger partial charge >= 0.3 is 0 Å². The molecule has 1 aromatic carbocycles. The molecule has 5 nitrogen and oxygen atoms in total. The maximum Gasteiger partial charge on any atom is 0.271 e. The van der Waals surface area contributed by atoms with Crippen molar-refractivity contribution in [2.24, 2.45) is 0 Å². The van der Waals surface area contributed by atoms with Crippen molar-refractivity contribution in [3.63, 3.8) is 0 Å². The second kappa shape index (κ2) is 6.89. The molecule has 1 saturated heterocycles. The molecule has 0 radical (unpaired) electrons. The van der Waals surface area contributed by atoms with Gasteiger partial charge in [0.1, 0.15) is 0 Å². The number of hydrogen-bond donors (Lipinski definition) is 0. The molecule has 0 aromatic heterocycles. The zero-order valence-electron chi connectivity index (χ0n) is 13.2. The van der Waals surface area contributed by atoms with Crippen molar-refractivity contribution in [1.82, 2.24) is 4.90 Å². The van der Waals surface area contributed by atoms with Crippen LogP contribution in [0.5, 0.6) is 0 Å². The third-order valence-electron chi connectivity index (χ3n) is 4.00. The quantitative estimate of drug-likeness (QED) is 0.634. The fourth-order valence-corrected chi connectivity index (χ4v) is 2.82. The predicted octanol–water partition coefficient (Wildman–Crippen LogP) is 3.21. The number of benzene rings is 1. The predicted molar refractivity (Wildman–Crippen MR) is 86.0 cm³/mol. The van der Waals surface area contributed by atoms with Crippen molar-refractivity contribution in [2.75, 3.05) is 31.1 Å². The molecule has 2 fully saturated rings. The Morgan fingerprint density at radius 2 is 1.71 bits per heavy atom. The van der Waals surface area contributed by atoms with Gasteiger partial charge in [-0.3, -0.25) is 15.0 Å². The first-order valence-electron chi connectivity index (χ1n) is 7.88. The molecule has 1 aromatic rings. The van der Waals surface area contributed by atoms with Gasteiger partial charge in [-0.05, 0) is 31.4 Å². The molecule has 5 heteroatoms. The highest BCUT2D eigenvalue weighted by Gasteiger charge is 2.31. The van der Waals surface area contributed by atoms with Crippen LogP contribution in [0.25, 0.3) is 0 Å². The number of aryl methyl sites for hydroxylation is 1. The highest BCUT2D eigenvalue weighted by molar-refractivity contribution is 5.56. The number of rotatable bonds is 3. The Kier molecular flexibility index (Phi) is 5.17. The molecule has 3 rings (SSSR count). The Morgan fingerprint density at radius 1 is 1.10 bits per heavy atom. The number of non-ortho nitro benzene ring substituents is 1. The van der Waals surface area contributed by atoms with Gasteiger partial charge in [-0.1, -0.05) is 13.8 Å². The summed E-state index contributed by atoms with van der Waals surface area (Å²) >= 11 is 0. The molecule has 1 heterocycles. The summed E-state index contributed by atoms with van der Waals surface area (Å²) in [6.45, 7) is 10.0. The van der Waals surface area contributed by atoms with Crippen LogP contribution in [0.4, 0.5) is 11.4 Å². The second-order valence-corrected chi connectivity index (χ2v) is 5.54. The van der Waals surface area contributed by atoms with Crippen LogP contribution in [-0.4, -0.2) is 42.0 Å². The lowest BCUT2D eigenvalue weighted by molar-refractivity contribution is -0.384. The Morgan fingerprint density at radius 3 is 2.24 bits per heavy atom. The third kappa shape index (κ3) is 3.94. The van der Waals surface area contributed by atoms with E-state index in [4.69, 9.17) is 0 Å². The summed E-state index contributed by atoms with van der Waals surface area (Å²) in [6, 6.07) is 6.18. The van der Waals surface area contributed by atoms with E-state index in [1.807, 2.05) is 26.8 Å². The van der Waals surface area contributed by atoms with Crippen LogP contribution < -0.4 is 4.90 Å². The van der Waals surface area contributed by atoms with Gasteiger partial charge in [0.05, 0.1) is 4.92 Å². The highest BCUT2D eigenvalue weighted by atomic mass is 16.6. The van der Waals surface area contributed by atoms with Crippen LogP contribution in [0.1, 0.15) is 32.3 Å². The van der Waals surface area contributed by atoms with Crippen LogP contribution in [0.15, 0.2) is 18.2 Å². The van der Waals surface area contributed by atoms with E-state index in [1.165, 1.54) is 12.8 Å². The lowest BCUT2D eigenvalue weighted by atomic mass is 10.1. The summed E-state index contributed by atoms with van der Waals surface area (Å²) in [5.41, 5.74) is 2.13. The van der Waals surface area contributed by atoms with E-state index in [1.54, 1.807) is 12.1 Å². The van der Waals surface area contributed by atoms with Gasteiger partial charge in [0.15, 0.2) is 0 Å². The van der Waals surface area contributed by atoms with Gasteiger partial charge < -0.3 is 4.90 Å². The van der Waals surface area contributed by atoms with E-state index >= 15 is 0 Å². The van der Waals surface area contributed by atoms with E-state index in [0.717, 1.165) is 43.5 Å². The normalized spacial score (nSPS) is 18.9.